The number of nitrogens with one attached hydrogen (secondary N) is 1. The Morgan fingerprint density at radius 2 is 1.88 bits per heavy atom. The zero-order chi connectivity index (χ0) is 19.0. The molecule has 1 unspecified atom stereocenters. The molecule has 26 heavy (non-hydrogen) atoms. The number of hydrogen-bond acceptors (Lipinski definition) is 4. The number of aliphatic imine (C=N–C) groups is 1. The molecule has 0 bridgehead atoms. The lowest BCUT2D eigenvalue weighted by atomic mass is 9.87. The van der Waals surface area contributed by atoms with Gasteiger partial charge in [0.15, 0.2) is 5.96 Å². The lowest BCUT2D eigenvalue weighted by molar-refractivity contribution is 0.0731. The first-order chi connectivity index (χ1) is 12.5. The summed E-state index contributed by atoms with van der Waals surface area (Å²) in [4.78, 5) is 6.91. The molecule has 0 aliphatic carbocycles. The van der Waals surface area contributed by atoms with Crippen LogP contribution in [0, 0.1) is 11.8 Å². The molecule has 2 rings (SSSR count). The zero-order valence-corrected chi connectivity index (χ0v) is 17.4. The van der Waals surface area contributed by atoms with Gasteiger partial charge in [0.05, 0.1) is 25.5 Å². The highest BCUT2D eigenvalue weighted by molar-refractivity contribution is 7.89. The third-order valence-corrected chi connectivity index (χ3v) is 7.40. The van der Waals surface area contributed by atoms with Crippen molar-refractivity contribution in [1.82, 2.24) is 14.5 Å². The Hall–Kier alpha value is -0.860. The highest BCUT2D eigenvalue weighted by Gasteiger charge is 2.29. The Morgan fingerprint density at radius 1 is 1.19 bits per heavy atom. The third kappa shape index (κ3) is 5.82. The number of rotatable bonds is 8. The minimum atomic E-state index is -3.25. The third-order valence-electron chi connectivity index (χ3n) is 5.55. The van der Waals surface area contributed by atoms with Gasteiger partial charge in [-0.1, -0.05) is 26.7 Å². The van der Waals surface area contributed by atoms with Crippen LogP contribution in [0.25, 0.3) is 0 Å². The van der Waals surface area contributed by atoms with E-state index in [1.54, 1.807) is 0 Å². The predicted octanol–water partition coefficient (Wildman–Crippen LogP) is 1.37. The summed E-state index contributed by atoms with van der Waals surface area (Å²) in [6.45, 7) is 11.6. The monoisotopic (exact) mass is 388 g/mol. The van der Waals surface area contributed by atoms with Crippen LogP contribution in [0.1, 0.15) is 40.0 Å². The Labute approximate surface area is 159 Å². The first-order valence-electron chi connectivity index (χ1n) is 10.1. The maximum Gasteiger partial charge on any atom is 0.216 e. The van der Waals surface area contributed by atoms with E-state index in [0.29, 0.717) is 38.8 Å². The molecule has 0 aromatic carbocycles. The Morgan fingerprint density at radius 3 is 2.50 bits per heavy atom. The maximum absolute atomic E-state index is 12.4. The van der Waals surface area contributed by atoms with Gasteiger partial charge in [0, 0.05) is 32.7 Å². The predicted molar refractivity (Wildman–Crippen MR) is 106 cm³/mol. The van der Waals surface area contributed by atoms with Gasteiger partial charge in [0.1, 0.15) is 0 Å². The van der Waals surface area contributed by atoms with Gasteiger partial charge in [0.25, 0.3) is 0 Å². The summed E-state index contributed by atoms with van der Waals surface area (Å²) in [5, 5.41) is 3.33. The number of likely N-dealkylation sites (tertiary alicyclic amines) is 1. The first kappa shape index (κ1) is 21.4. The molecular weight excluding hydrogens is 352 g/mol. The molecular formula is C18H36N4O3S. The summed E-state index contributed by atoms with van der Waals surface area (Å²) in [6.07, 6.45) is 3.64. The van der Waals surface area contributed by atoms with Gasteiger partial charge >= 0.3 is 0 Å². The zero-order valence-electron chi connectivity index (χ0n) is 16.6. The summed E-state index contributed by atoms with van der Waals surface area (Å²) in [5.41, 5.74) is 0. The van der Waals surface area contributed by atoms with Crippen LogP contribution in [0.5, 0.6) is 0 Å². The van der Waals surface area contributed by atoms with E-state index >= 15 is 0 Å². The lowest BCUT2D eigenvalue weighted by Gasteiger charge is -2.26. The van der Waals surface area contributed by atoms with Crippen molar-refractivity contribution in [2.45, 2.75) is 40.0 Å². The molecule has 1 N–H and O–H groups in total. The van der Waals surface area contributed by atoms with Gasteiger partial charge in [-0.05, 0) is 25.2 Å². The summed E-state index contributed by atoms with van der Waals surface area (Å²) >= 11 is 0. The lowest BCUT2D eigenvalue weighted by Crippen LogP contribution is -2.43. The van der Waals surface area contributed by atoms with Crippen molar-refractivity contribution in [1.29, 1.82) is 0 Å². The standard InChI is InChI=1S/C18H36N4O3S/c1-4-16(5-2)17-7-9-21(15-17)18(19-6-3)20-8-14-26(23,24)22-10-12-25-13-11-22/h16-17H,4-15H2,1-3H3,(H,19,20). The molecule has 2 aliphatic rings. The van der Waals surface area contributed by atoms with Gasteiger partial charge in [0.2, 0.25) is 10.0 Å². The van der Waals surface area contributed by atoms with Crippen molar-refractivity contribution in [2.75, 3.05) is 58.2 Å². The van der Waals surface area contributed by atoms with Crippen LogP contribution in [0.4, 0.5) is 0 Å². The molecule has 2 heterocycles. The van der Waals surface area contributed by atoms with Gasteiger partial charge in [-0.3, -0.25) is 4.99 Å². The molecule has 2 fully saturated rings. The fraction of sp³-hybridized carbons (Fsp3) is 0.944. The summed E-state index contributed by atoms with van der Waals surface area (Å²) < 4.78 is 31.6. The molecule has 0 aromatic rings. The van der Waals surface area contributed by atoms with Crippen molar-refractivity contribution >= 4 is 16.0 Å². The Balaban J connectivity index is 1.92. The number of morpholine rings is 1. The highest BCUT2D eigenvalue weighted by atomic mass is 32.2. The quantitative estimate of drug-likeness (QED) is 0.502. The van der Waals surface area contributed by atoms with Crippen LogP contribution in [-0.2, 0) is 14.8 Å². The van der Waals surface area contributed by atoms with E-state index in [1.807, 2.05) is 0 Å². The SMILES string of the molecule is CCNC(=NCCS(=O)(=O)N1CCOCC1)N1CCC(C(CC)CC)C1. The molecule has 0 radical (unpaired) electrons. The van der Waals surface area contributed by atoms with Gasteiger partial charge in [-0.2, -0.15) is 4.31 Å². The van der Waals surface area contributed by atoms with Crippen molar-refractivity contribution in [3.05, 3.63) is 0 Å². The average Bonchev–Trinajstić information content (AvgIpc) is 3.12. The number of hydrogen-bond donors (Lipinski definition) is 1. The number of guanidine groups is 1. The minimum Gasteiger partial charge on any atom is -0.379 e. The number of nitrogens with zero attached hydrogens (tertiary/aromatic N) is 3. The van der Waals surface area contributed by atoms with Gasteiger partial charge < -0.3 is 15.0 Å². The van der Waals surface area contributed by atoms with Crippen molar-refractivity contribution in [2.24, 2.45) is 16.8 Å². The van der Waals surface area contributed by atoms with Gasteiger partial charge in [-0.15, -0.1) is 0 Å². The minimum absolute atomic E-state index is 0.0612. The first-order valence-corrected chi connectivity index (χ1v) is 11.7. The van der Waals surface area contributed by atoms with Crippen LogP contribution >= 0.6 is 0 Å². The van der Waals surface area contributed by atoms with Crippen molar-refractivity contribution in [3.8, 4) is 0 Å². The second kappa shape index (κ2) is 10.5. The molecule has 0 amide bonds. The van der Waals surface area contributed by atoms with Crippen molar-refractivity contribution < 1.29 is 13.2 Å². The summed E-state index contributed by atoms with van der Waals surface area (Å²) in [5.74, 6) is 2.40. The summed E-state index contributed by atoms with van der Waals surface area (Å²) in [6, 6.07) is 0. The molecule has 1 atom stereocenters. The molecule has 8 heteroatoms. The maximum atomic E-state index is 12.4. The van der Waals surface area contributed by atoms with Crippen LogP contribution < -0.4 is 5.32 Å². The smallest absolute Gasteiger partial charge is 0.216 e. The van der Waals surface area contributed by atoms with E-state index in [2.05, 4.69) is 36.0 Å². The van der Waals surface area contributed by atoms with Crippen LogP contribution in [0.2, 0.25) is 0 Å². The van der Waals surface area contributed by atoms with Crippen molar-refractivity contribution in [3.63, 3.8) is 0 Å². The van der Waals surface area contributed by atoms with Crippen LogP contribution in [0.3, 0.4) is 0 Å². The number of sulfonamides is 1. The molecule has 0 aromatic heterocycles. The van der Waals surface area contributed by atoms with E-state index in [1.165, 1.54) is 23.6 Å². The average molecular weight is 389 g/mol. The molecule has 0 saturated carbocycles. The van der Waals surface area contributed by atoms with Crippen LogP contribution in [-0.4, -0.2) is 81.8 Å². The van der Waals surface area contributed by atoms with E-state index in [9.17, 15) is 8.42 Å². The largest absolute Gasteiger partial charge is 0.379 e. The topological polar surface area (TPSA) is 74.2 Å². The van der Waals surface area contributed by atoms with E-state index < -0.39 is 10.0 Å². The Kier molecular flexibility index (Phi) is 8.63. The normalized spacial score (nSPS) is 23.0. The molecule has 152 valence electrons. The molecule has 2 saturated heterocycles. The van der Waals surface area contributed by atoms with E-state index in [0.717, 1.165) is 31.5 Å². The fourth-order valence-electron chi connectivity index (χ4n) is 3.97. The van der Waals surface area contributed by atoms with Gasteiger partial charge in [-0.25, -0.2) is 8.42 Å². The Bertz CT molecular complexity index is 543. The molecule has 2 aliphatic heterocycles. The fourth-order valence-corrected chi connectivity index (χ4v) is 5.25. The number of ether oxygens (including phenoxy) is 1. The van der Waals surface area contributed by atoms with E-state index in [-0.39, 0.29) is 5.75 Å². The second-order valence-corrected chi connectivity index (χ2v) is 9.22. The highest BCUT2D eigenvalue weighted by Crippen LogP contribution is 2.28. The molecule has 7 nitrogen and oxygen atoms in total. The molecule has 0 spiro atoms. The van der Waals surface area contributed by atoms with Crippen LogP contribution in [0.15, 0.2) is 4.99 Å². The summed E-state index contributed by atoms with van der Waals surface area (Å²) in [7, 11) is -3.25. The van der Waals surface area contributed by atoms with E-state index in [4.69, 9.17) is 4.74 Å². The second-order valence-electron chi connectivity index (χ2n) is 7.13.